The number of esters is 1. The van der Waals surface area contributed by atoms with Crippen LogP contribution in [0.15, 0.2) is 18.2 Å². The van der Waals surface area contributed by atoms with Gasteiger partial charge in [-0.15, -0.1) is 0 Å². The Bertz CT molecular complexity index is 431. The second kappa shape index (κ2) is 7.14. The molecule has 2 N–H and O–H groups in total. The van der Waals surface area contributed by atoms with E-state index in [9.17, 15) is 4.79 Å². The quantitative estimate of drug-likeness (QED) is 0.802. The van der Waals surface area contributed by atoms with E-state index in [0.717, 1.165) is 23.3 Å². The summed E-state index contributed by atoms with van der Waals surface area (Å²) in [7, 11) is 3.04. The summed E-state index contributed by atoms with van der Waals surface area (Å²) in [5.74, 6) is 0.579. The number of nitrogens with two attached hydrogens (primary N) is 1. The molecule has 0 amide bonds. The molecule has 2 atom stereocenters. The molecule has 0 bridgehead atoms. The summed E-state index contributed by atoms with van der Waals surface area (Å²) in [4.78, 5) is 11.5. The van der Waals surface area contributed by atoms with Gasteiger partial charge in [0.1, 0.15) is 5.75 Å². The van der Waals surface area contributed by atoms with E-state index in [-0.39, 0.29) is 17.9 Å². The third kappa shape index (κ3) is 3.96. The number of carbonyl (C=O) groups excluding carboxylic acids is 1. The fourth-order valence-corrected chi connectivity index (χ4v) is 2.20. The molecule has 0 aromatic heterocycles. The average molecular weight is 265 g/mol. The molecular weight excluding hydrogens is 242 g/mol. The van der Waals surface area contributed by atoms with Gasteiger partial charge in [-0.3, -0.25) is 4.79 Å². The van der Waals surface area contributed by atoms with Crippen LogP contribution in [-0.2, 0) is 9.53 Å². The summed E-state index contributed by atoms with van der Waals surface area (Å²) in [6, 6.07) is 5.85. The lowest BCUT2D eigenvalue weighted by atomic mass is 9.87. The highest BCUT2D eigenvalue weighted by Crippen LogP contribution is 2.28. The van der Waals surface area contributed by atoms with Gasteiger partial charge in [0.2, 0.25) is 0 Å². The van der Waals surface area contributed by atoms with E-state index in [0.29, 0.717) is 6.42 Å². The highest BCUT2D eigenvalue weighted by atomic mass is 16.5. The number of hydrogen-bond donors (Lipinski definition) is 1. The van der Waals surface area contributed by atoms with Crippen molar-refractivity contribution in [3.63, 3.8) is 0 Å². The van der Waals surface area contributed by atoms with Gasteiger partial charge in [-0.05, 0) is 30.5 Å². The van der Waals surface area contributed by atoms with Crippen molar-refractivity contribution < 1.29 is 14.3 Å². The summed E-state index contributed by atoms with van der Waals surface area (Å²) >= 11 is 0. The topological polar surface area (TPSA) is 61.6 Å². The molecule has 0 aliphatic carbocycles. The third-order valence-electron chi connectivity index (χ3n) is 3.45. The van der Waals surface area contributed by atoms with Gasteiger partial charge >= 0.3 is 5.97 Å². The molecule has 0 aliphatic heterocycles. The van der Waals surface area contributed by atoms with Gasteiger partial charge in [-0.25, -0.2) is 0 Å². The van der Waals surface area contributed by atoms with E-state index in [4.69, 9.17) is 15.2 Å². The average Bonchev–Trinajstić information content (AvgIpc) is 2.43. The van der Waals surface area contributed by atoms with Gasteiger partial charge < -0.3 is 15.2 Å². The van der Waals surface area contributed by atoms with Crippen molar-refractivity contribution in [3.8, 4) is 5.75 Å². The van der Waals surface area contributed by atoms with Crippen LogP contribution < -0.4 is 10.5 Å². The van der Waals surface area contributed by atoms with E-state index in [1.807, 2.05) is 32.0 Å². The van der Waals surface area contributed by atoms with Gasteiger partial charge in [0.15, 0.2) is 0 Å². The standard InChI is InChI=1S/C15H23NO3/c1-5-13(16)12(9-15(17)19-4)11-6-7-14(18-3)10(2)8-11/h6-8,12-13H,5,9,16H2,1-4H3. The molecule has 1 rings (SSSR count). The van der Waals surface area contributed by atoms with Crippen LogP contribution >= 0.6 is 0 Å². The minimum Gasteiger partial charge on any atom is -0.496 e. The van der Waals surface area contributed by atoms with Gasteiger partial charge in [0.05, 0.1) is 20.6 Å². The molecule has 2 unspecified atom stereocenters. The summed E-state index contributed by atoms with van der Waals surface area (Å²) in [5, 5.41) is 0. The number of ether oxygens (including phenoxy) is 2. The second-order valence-corrected chi connectivity index (χ2v) is 4.69. The minimum absolute atomic E-state index is 0.0259. The number of aryl methyl sites for hydroxylation is 1. The first-order valence-electron chi connectivity index (χ1n) is 6.50. The maximum absolute atomic E-state index is 11.5. The van der Waals surface area contributed by atoms with Crippen molar-refractivity contribution in [1.29, 1.82) is 0 Å². The van der Waals surface area contributed by atoms with Crippen LogP contribution in [-0.4, -0.2) is 26.2 Å². The largest absolute Gasteiger partial charge is 0.496 e. The second-order valence-electron chi connectivity index (χ2n) is 4.69. The number of hydrogen-bond acceptors (Lipinski definition) is 4. The van der Waals surface area contributed by atoms with E-state index >= 15 is 0 Å². The summed E-state index contributed by atoms with van der Waals surface area (Å²) < 4.78 is 10.00. The Balaban J connectivity index is 3.03. The predicted octanol–water partition coefficient (Wildman–Crippen LogP) is 2.39. The zero-order chi connectivity index (χ0) is 14.4. The van der Waals surface area contributed by atoms with Crippen molar-refractivity contribution in [2.24, 2.45) is 5.73 Å². The fourth-order valence-electron chi connectivity index (χ4n) is 2.20. The minimum atomic E-state index is -0.234. The van der Waals surface area contributed by atoms with Crippen LogP contribution in [0.4, 0.5) is 0 Å². The number of rotatable bonds is 6. The predicted molar refractivity (Wildman–Crippen MR) is 75.4 cm³/mol. The lowest BCUT2D eigenvalue weighted by molar-refractivity contribution is -0.141. The van der Waals surface area contributed by atoms with Crippen LogP contribution in [0.2, 0.25) is 0 Å². The molecular formula is C15H23NO3. The Morgan fingerprint density at radius 3 is 2.53 bits per heavy atom. The SMILES string of the molecule is CCC(N)C(CC(=O)OC)c1ccc(OC)c(C)c1. The van der Waals surface area contributed by atoms with E-state index in [2.05, 4.69) is 0 Å². The first kappa shape index (κ1) is 15.5. The Morgan fingerprint density at radius 2 is 2.05 bits per heavy atom. The molecule has 0 spiro atoms. The maximum Gasteiger partial charge on any atom is 0.306 e. The van der Waals surface area contributed by atoms with Crippen LogP contribution in [0, 0.1) is 6.92 Å². The molecule has 106 valence electrons. The zero-order valence-electron chi connectivity index (χ0n) is 12.1. The van der Waals surface area contributed by atoms with Gasteiger partial charge in [0, 0.05) is 12.0 Å². The molecule has 0 heterocycles. The molecule has 1 aromatic rings. The van der Waals surface area contributed by atoms with Crippen LogP contribution in [0.1, 0.15) is 36.8 Å². The highest BCUT2D eigenvalue weighted by Gasteiger charge is 2.22. The molecule has 19 heavy (non-hydrogen) atoms. The third-order valence-corrected chi connectivity index (χ3v) is 3.45. The van der Waals surface area contributed by atoms with Gasteiger partial charge in [-0.1, -0.05) is 19.1 Å². The molecule has 0 radical (unpaired) electrons. The first-order valence-corrected chi connectivity index (χ1v) is 6.50. The zero-order valence-corrected chi connectivity index (χ0v) is 12.1. The van der Waals surface area contributed by atoms with E-state index < -0.39 is 0 Å². The molecule has 1 aromatic carbocycles. The number of carbonyl (C=O) groups is 1. The Kier molecular flexibility index (Phi) is 5.83. The summed E-state index contributed by atoms with van der Waals surface area (Å²) in [6.45, 7) is 4.00. The van der Waals surface area contributed by atoms with Crippen molar-refractivity contribution in [2.45, 2.75) is 38.6 Å². The van der Waals surface area contributed by atoms with Crippen molar-refractivity contribution in [2.75, 3.05) is 14.2 Å². The Morgan fingerprint density at radius 1 is 1.37 bits per heavy atom. The van der Waals surface area contributed by atoms with Crippen molar-refractivity contribution >= 4 is 5.97 Å². The van der Waals surface area contributed by atoms with Gasteiger partial charge in [0.25, 0.3) is 0 Å². The maximum atomic E-state index is 11.5. The fraction of sp³-hybridized carbons (Fsp3) is 0.533. The Hall–Kier alpha value is -1.55. The molecule has 0 fully saturated rings. The van der Waals surface area contributed by atoms with Crippen LogP contribution in [0.5, 0.6) is 5.75 Å². The summed E-state index contributed by atoms with van der Waals surface area (Å²) in [5.41, 5.74) is 8.23. The van der Waals surface area contributed by atoms with Crippen molar-refractivity contribution in [3.05, 3.63) is 29.3 Å². The van der Waals surface area contributed by atoms with Crippen molar-refractivity contribution in [1.82, 2.24) is 0 Å². The smallest absolute Gasteiger partial charge is 0.306 e. The van der Waals surface area contributed by atoms with Crippen LogP contribution in [0.25, 0.3) is 0 Å². The van der Waals surface area contributed by atoms with Gasteiger partial charge in [-0.2, -0.15) is 0 Å². The number of methoxy groups -OCH3 is 2. The number of benzene rings is 1. The van der Waals surface area contributed by atoms with E-state index in [1.54, 1.807) is 7.11 Å². The molecule has 0 aliphatic rings. The lowest BCUT2D eigenvalue weighted by Crippen LogP contribution is -2.29. The monoisotopic (exact) mass is 265 g/mol. The normalized spacial score (nSPS) is 13.7. The van der Waals surface area contributed by atoms with E-state index in [1.165, 1.54) is 7.11 Å². The molecule has 4 heteroatoms. The lowest BCUT2D eigenvalue weighted by Gasteiger charge is -2.23. The Labute approximate surface area is 114 Å². The first-order chi connectivity index (χ1) is 9.03. The molecule has 0 saturated heterocycles. The highest BCUT2D eigenvalue weighted by molar-refractivity contribution is 5.70. The molecule has 4 nitrogen and oxygen atoms in total. The summed E-state index contributed by atoms with van der Waals surface area (Å²) in [6.07, 6.45) is 1.12. The van der Waals surface area contributed by atoms with Crippen LogP contribution in [0.3, 0.4) is 0 Å². The molecule has 0 saturated carbocycles.